The highest BCUT2D eigenvalue weighted by Crippen LogP contribution is 2.22. The SMILES string of the molecule is CC(OC(=O)[C@H](C)NS(=O)(=O)c1ccc(Cl)cc1)C(=O)N(C)Cc1nc2ccccc2s1. The van der Waals surface area contributed by atoms with Crippen LogP contribution in [0.1, 0.15) is 18.9 Å². The van der Waals surface area contributed by atoms with Gasteiger partial charge in [-0.1, -0.05) is 23.7 Å². The van der Waals surface area contributed by atoms with E-state index in [2.05, 4.69) is 9.71 Å². The van der Waals surface area contributed by atoms with E-state index in [0.717, 1.165) is 15.2 Å². The molecule has 0 saturated carbocycles. The van der Waals surface area contributed by atoms with E-state index in [1.165, 1.54) is 54.3 Å². The minimum atomic E-state index is -3.96. The number of carbonyl (C=O) groups is 2. The molecule has 8 nitrogen and oxygen atoms in total. The van der Waals surface area contributed by atoms with E-state index < -0.39 is 34.0 Å². The van der Waals surface area contributed by atoms with Crippen LogP contribution in [0.2, 0.25) is 5.02 Å². The molecular formula is C21H22ClN3O5S2. The summed E-state index contributed by atoms with van der Waals surface area (Å²) in [7, 11) is -2.37. The van der Waals surface area contributed by atoms with Crippen molar-refractivity contribution in [2.45, 2.75) is 37.4 Å². The lowest BCUT2D eigenvalue weighted by molar-refractivity contribution is -0.159. The van der Waals surface area contributed by atoms with Crippen LogP contribution in [-0.4, -0.2) is 49.4 Å². The molecule has 1 unspecified atom stereocenters. The van der Waals surface area contributed by atoms with Crippen molar-refractivity contribution in [2.75, 3.05) is 7.05 Å². The number of para-hydroxylation sites is 1. The van der Waals surface area contributed by atoms with Gasteiger partial charge in [0.15, 0.2) is 6.10 Å². The number of fused-ring (bicyclic) bond motifs is 1. The lowest BCUT2D eigenvalue weighted by Gasteiger charge is -2.22. The van der Waals surface area contributed by atoms with Crippen LogP contribution in [0.25, 0.3) is 10.2 Å². The summed E-state index contributed by atoms with van der Waals surface area (Å²) in [4.78, 5) is 30.9. The number of halogens is 1. The molecule has 0 bridgehead atoms. The predicted octanol–water partition coefficient (Wildman–Crippen LogP) is 3.21. The van der Waals surface area contributed by atoms with Crippen molar-refractivity contribution in [1.29, 1.82) is 0 Å². The normalized spacial score (nSPS) is 13.5. The van der Waals surface area contributed by atoms with Crippen molar-refractivity contribution < 1.29 is 22.7 Å². The molecule has 0 saturated heterocycles. The Hall–Kier alpha value is -2.53. The zero-order chi connectivity index (χ0) is 23.5. The fraction of sp³-hybridized carbons (Fsp3) is 0.286. The van der Waals surface area contributed by atoms with Crippen molar-refractivity contribution in [3.63, 3.8) is 0 Å². The first-order chi connectivity index (χ1) is 15.1. The molecule has 2 aromatic carbocycles. The summed E-state index contributed by atoms with van der Waals surface area (Å²) < 4.78 is 33.3. The molecule has 170 valence electrons. The van der Waals surface area contributed by atoms with Crippen molar-refractivity contribution in [1.82, 2.24) is 14.6 Å². The van der Waals surface area contributed by atoms with Gasteiger partial charge in [-0.05, 0) is 50.2 Å². The molecule has 1 heterocycles. The van der Waals surface area contributed by atoms with Crippen LogP contribution in [0.15, 0.2) is 53.4 Å². The third kappa shape index (κ3) is 5.83. The molecule has 0 fully saturated rings. The van der Waals surface area contributed by atoms with E-state index >= 15 is 0 Å². The predicted molar refractivity (Wildman–Crippen MR) is 123 cm³/mol. The van der Waals surface area contributed by atoms with Gasteiger partial charge in [-0.15, -0.1) is 11.3 Å². The first kappa shape index (κ1) is 24.1. The number of aromatic nitrogens is 1. The number of thiazole rings is 1. The van der Waals surface area contributed by atoms with Gasteiger partial charge in [0.05, 0.1) is 21.7 Å². The van der Waals surface area contributed by atoms with Gasteiger partial charge in [-0.3, -0.25) is 9.59 Å². The molecule has 0 radical (unpaired) electrons. The van der Waals surface area contributed by atoms with Crippen LogP contribution in [0.4, 0.5) is 0 Å². The first-order valence-corrected chi connectivity index (χ1v) is 12.3. The number of esters is 1. The molecular weight excluding hydrogens is 474 g/mol. The lowest BCUT2D eigenvalue weighted by Crippen LogP contribution is -2.43. The molecule has 0 aliphatic heterocycles. The summed E-state index contributed by atoms with van der Waals surface area (Å²) in [6.07, 6.45) is -1.09. The Morgan fingerprint density at radius 1 is 1.16 bits per heavy atom. The fourth-order valence-electron chi connectivity index (χ4n) is 2.87. The minimum Gasteiger partial charge on any atom is -0.451 e. The van der Waals surface area contributed by atoms with E-state index in [0.29, 0.717) is 5.02 Å². The molecule has 1 N–H and O–H groups in total. The second-order valence-electron chi connectivity index (χ2n) is 7.15. The first-order valence-electron chi connectivity index (χ1n) is 9.64. The molecule has 0 aliphatic carbocycles. The van der Waals surface area contributed by atoms with E-state index in [9.17, 15) is 18.0 Å². The molecule has 0 aliphatic rings. The van der Waals surface area contributed by atoms with Gasteiger partial charge in [0.25, 0.3) is 5.91 Å². The molecule has 0 spiro atoms. The van der Waals surface area contributed by atoms with E-state index in [4.69, 9.17) is 16.3 Å². The number of carbonyl (C=O) groups excluding carboxylic acids is 2. The van der Waals surface area contributed by atoms with Crippen LogP contribution in [0.3, 0.4) is 0 Å². The van der Waals surface area contributed by atoms with Gasteiger partial charge in [0, 0.05) is 12.1 Å². The summed E-state index contributed by atoms with van der Waals surface area (Å²) in [5.41, 5.74) is 0.856. The molecule has 1 amide bonds. The van der Waals surface area contributed by atoms with Gasteiger partial charge in [-0.2, -0.15) is 4.72 Å². The maximum atomic E-state index is 12.6. The summed E-state index contributed by atoms with van der Waals surface area (Å²) in [6.45, 7) is 3.05. The van der Waals surface area contributed by atoms with Crippen LogP contribution in [0.5, 0.6) is 0 Å². The van der Waals surface area contributed by atoms with Gasteiger partial charge >= 0.3 is 5.97 Å². The standard InChI is InChI=1S/C21H22ClN3O5S2/c1-13(24-32(28,29)16-10-8-15(22)9-11-16)21(27)30-14(2)20(26)25(3)12-19-23-17-6-4-5-7-18(17)31-19/h4-11,13-14,24H,12H2,1-3H3/t13-,14?/m0/s1. The lowest BCUT2D eigenvalue weighted by atomic mass is 10.3. The molecule has 3 aromatic rings. The largest absolute Gasteiger partial charge is 0.451 e. The zero-order valence-corrected chi connectivity index (χ0v) is 20.0. The molecule has 32 heavy (non-hydrogen) atoms. The number of hydrogen-bond acceptors (Lipinski definition) is 7. The topological polar surface area (TPSA) is 106 Å². The van der Waals surface area contributed by atoms with Crippen molar-refractivity contribution >= 4 is 55.1 Å². The van der Waals surface area contributed by atoms with E-state index in [1.54, 1.807) is 7.05 Å². The highest BCUT2D eigenvalue weighted by Gasteiger charge is 2.28. The van der Waals surface area contributed by atoms with Crippen molar-refractivity contribution in [3.8, 4) is 0 Å². The fourth-order valence-corrected chi connectivity index (χ4v) is 5.21. The average Bonchev–Trinajstić information content (AvgIpc) is 3.15. The number of hydrogen-bond donors (Lipinski definition) is 1. The molecule has 3 rings (SSSR count). The Morgan fingerprint density at radius 3 is 2.47 bits per heavy atom. The third-order valence-corrected chi connectivity index (χ3v) is 7.37. The number of amides is 1. The van der Waals surface area contributed by atoms with Crippen molar-refractivity contribution in [3.05, 3.63) is 58.6 Å². The second-order valence-corrected chi connectivity index (χ2v) is 10.4. The van der Waals surface area contributed by atoms with Gasteiger partial charge < -0.3 is 9.64 Å². The van der Waals surface area contributed by atoms with Crippen LogP contribution >= 0.6 is 22.9 Å². The van der Waals surface area contributed by atoms with Gasteiger partial charge in [-0.25, -0.2) is 13.4 Å². The number of likely N-dealkylation sites (N-methyl/N-ethyl adjacent to an activating group) is 1. The van der Waals surface area contributed by atoms with Crippen LogP contribution < -0.4 is 4.72 Å². The smallest absolute Gasteiger partial charge is 0.324 e. The molecule has 1 aromatic heterocycles. The Labute approximate surface area is 195 Å². The highest BCUT2D eigenvalue weighted by atomic mass is 35.5. The number of ether oxygens (including phenoxy) is 1. The molecule has 2 atom stereocenters. The zero-order valence-electron chi connectivity index (χ0n) is 17.6. The number of nitrogens with zero attached hydrogens (tertiary/aromatic N) is 2. The Morgan fingerprint density at radius 2 is 1.81 bits per heavy atom. The summed E-state index contributed by atoms with van der Waals surface area (Å²) in [6, 6.07) is 12.0. The number of rotatable bonds is 8. The van der Waals surface area contributed by atoms with Crippen LogP contribution in [0, 0.1) is 0 Å². The Balaban J connectivity index is 1.57. The van der Waals surface area contributed by atoms with E-state index in [-0.39, 0.29) is 11.4 Å². The minimum absolute atomic E-state index is 0.0405. The van der Waals surface area contributed by atoms with E-state index in [1.807, 2.05) is 24.3 Å². The Bertz CT molecular complexity index is 1190. The Kier molecular flexibility index (Phi) is 7.50. The maximum absolute atomic E-state index is 12.6. The number of nitrogens with one attached hydrogen (secondary N) is 1. The second kappa shape index (κ2) is 9.95. The quantitative estimate of drug-likeness (QED) is 0.481. The maximum Gasteiger partial charge on any atom is 0.324 e. The van der Waals surface area contributed by atoms with Crippen LogP contribution in [-0.2, 0) is 30.9 Å². The van der Waals surface area contributed by atoms with Gasteiger partial charge in [0.2, 0.25) is 10.0 Å². The highest BCUT2D eigenvalue weighted by molar-refractivity contribution is 7.89. The number of benzene rings is 2. The summed E-state index contributed by atoms with van der Waals surface area (Å²) in [5, 5.41) is 1.14. The summed E-state index contributed by atoms with van der Waals surface area (Å²) >= 11 is 7.25. The average molecular weight is 496 g/mol. The summed E-state index contributed by atoms with van der Waals surface area (Å²) in [5.74, 6) is -1.29. The van der Waals surface area contributed by atoms with Crippen molar-refractivity contribution in [2.24, 2.45) is 0 Å². The molecule has 11 heteroatoms. The van der Waals surface area contributed by atoms with Gasteiger partial charge in [0.1, 0.15) is 11.0 Å². The number of sulfonamides is 1. The monoisotopic (exact) mass is 495 g/mol. The third-order valence-electron chi connectivity index (χ3n) is 4.54.